The number of hydrogen-bond donors (Lipinski definition) is 3. The number of rotatable bonds is 6. The summed E-state index contributed by atoms with van der Waals surface area (Å²) in [6.07, 6.45) is 3.66. The first-order chi connectivity index (χ1) is 15.2. The van der Waals surface area contributed by atoms with Crippen LogP contribution in [0.3, 0.4) is 0 Å². The van der Waals surface area contributed by atoms with Crippen LogP contribution in [0.15, 0.2) is 43.1 Å². The number of anilines is 1. The first kappa shape index (κ1) is 21.3. The van der Waals surface area contributed by atoms with Crippen LogP contribution in [-0.4, -0.2) is 54.4 Å². The van der Waals surface area contributed by atoms with Crippen LogP contribution >= 0.6 is 0 Å². The van der Waals surface area contributed by atoms with Crippen LogP contribution < -0.4 is 10.6 Å². The van der Waals surface area contributed by atoms with E-state index in [4.69, 9.17) is 0 Å². The average molecular weight is 444 g/mol. The van der Waals surface area contributed by atoms with Crippen LogP contribution in [0.5, 0.6) is 0 Å². The van der Waals surface area contributed by atoms with E-state index < -0.39 is 24.7 Å². The number of aromatic amines is 1. The molecule has 0 saturated heterocycles. The molecule has 166 valence electrons. The van der Waals surface area contributed by atoms with Crippen molar-refractivity contribution in [1.82, 2.24) is 35.0 Å². The molecular formula is C20H19F3N8O. The molecule has 0 radical (unpaired) electrons. The van der Waals surface area contributed by atoms with Crippen molar-refractivity contribution < 1.29 is 18.0 Å². The van der Waals surface area contributed by atoms with Crippen molar-refractivity contribution in [3.63, 3.8) is 0 Å². The van der Waals surface area contributed by atoms with Gasteiger partial charge in [0.1, 0.15) is 24.1 Å². The molecule has 12 heteroatoms. The van der Waals surface area contributed by atoms with Crippen molar-refractivity contribution in [2.45, 2.75) is 19.1 Å². The Kier molecular flexibility index (Phi) is 5.51. The van der Waals surface area contributed by atoms with E-state index in [1.165, 1.54) is 13.1 Å². The second-order valence-corrected chi connectivity index (χ2v) is 7.15. The van der Waals surface area contributed by atoms with E-state index in [1.807, 2.05) is 24.5 Å². The molecule has 1 amide bonds. The van der Waals surface area contributed by atoms with Gasteiger partial charge in [0, 0.05) is 42.2 Å². The molecule has 4 rings (SSSR count). The maximum absolute atomic E-state index is 12.3. The molecule has 0 bridgehead atoms. The van der Waals surface area contributed by atoms with Crippen LogP contribution in [0.4, 0.5) is 19.0 Å². The summed E-state index contributed by atoms with van der Waals surface area (Å²) >= 11 is 0. The van der Waals surface area contributed by atoms with Gasteiger partial charge in [-0.1, -0.05) is 0 Å². The zero-order valence-corrected chi connectivity index (χ0v) is 17.1. The van der Waals surface area contributed by atoms with E-state index in [0.717, 1.165) is 22.2 Å². The molecule has 0 fully saturated rings. The summed E-state index contributed by atoms with van der Waals surface area (Å²) in [5.41, 5.74) is 3.67. The number of halogens is 3. The summed E-state index contributed by atoms with van der Waals surface area (Å²) in [4.78, 5) is 28.1. The molecular weight excluding hydrogens is 425 g/mol. The lowest BCUT2D eigenvalue weighted by atomic mass is 10.1. The number of nitrogens with zero attached hydrogens (tertiary/aromatic N) is 5. The van der Waals surface area contributed by atoms with Gasteiger partial charge in [0.15, 0.2) is 0 Å². The lowest BCUT2D eigenvalue weighted by Crippen LogP contribution is -2.42. The van der Waals surface area contributed by atoms with Crippen LogP contribution in [-0.2, 0) is 11.8 Å². The van der Waals surface area contributed by atoms with Gasteiger partial charge in [0.25, 0.3) is 0 Å². The van der Waals surface area contributed by atoms with Gasteiger partial charge < -0.3 is 15.6 Å². The minimum absolute atomic E-state index is 0.252. The largest absolute Gasteiger partial charge is 0.405 e. The highest BCUT2D eigenvalue weighted by Gasteiger charge is 2.28. The number of aromatic nitrogens is 6. The van der Waals surface area contributed by atoms with Gasteiger partial charge in [-0.2, -0.15) is 18.3 Å². The number of carbonyl (C=O) groups is 1. The fourth-order valence-corrected chi connectivity index (χ4v) is 3.21. The summed E-state index contributed by atoms with van der Waals surface area (Å²) in [7, 11) is 1.84. The number of alkyl halides is 3. The highest BCUT2D eigenvalue weighted by Crippen LogP contribution is 2.30. The Bertz CT molecular complexity index is 1260. The number of pyridine rings is 1. The zero-order valence-electron chi connectivity index (χ0n) is 17.1. The molecule has 0 aromatic carbocycles. The van der Waals surface area contributed by atoms with Crippen molar-refractivity contribution in [2.24, 2.45) is 7.05 Å². The molecule has 4 heterocycles. The summed E-state index contributed by atoms with van der Waals surface area (Å²) in [6, 6.07) is 2.90. The molecule has 0 aliphatic carbocycles. The van der Waals surface area contributed by atoms with E-state index >= 15 is 0 Å². The molecule has 32 heavy (non-hydrogen) atoms. The topological polar surface area (TPSA) is 113 Å². The summed E-state index contributed by atoms with van der Waals surface area (Å²) in [5, 5.41) is 9.61. The molecule has 4 aromatic heterocycles. The first-order valence-electron chi connectivity index (χ1n) is 9.60. The number of H-pyrrole nitrogens is 1. The third kappa shape index (κ3) is 4.53. The maximum Gasteiger partial charge on any atom is 0.405 e. The highest BCUT2D eigenvalue weighted by molar-refractivity contribution is 5.94. The molecule has 3 N–H and O–H groups in total. The molecule has 4 aromatic rings. The molecule has 9 nitrogen and oxygen atoms in total. The standard InChI is InChI=1S/C20H19F3N8O/c1-11(19(32)27-10-20(21,22)23)29-17-9-24-8-15(30-17)14-7-26-18-13(14)5-12(6-25-18)16-3-4-28-31(16)2/h3-9,11H,10H2,1-2H3,(H,25,26)(H,27,32)(H,29,30)/t11-/m1/s1. The Balaban J connectivity index is 1.58. The van der Waals surface area contributed by atoms with E-state index in [2.05, 4.69) is 30.4 Å². The summed E-state index contributed by atoms with van der Waals surface area (Å²) in [6.45, 7) is 0.0424. The van der Waals surface area contributed by atoms with Crippen LogP contribution in [0, 0.1) is 0 Å². The number of aryl methyl sites for hydroxylation is 1. The summed E-state index contributed by atoms with van der Waals surface area (Å²) in [5.74, 6) is -0.547. The van der Waals surface area contributed by atoms with Crippen LogP contribution in [0.25, 0.3) is 33.5 Å². The van der Waals surface area contributed by atoms with Gasteiger partial charge in [0.05, 0.1) is 23.8 Å². The minimum atomic E-state index is -4.48. The number of hydrogen-bond acceptors (Lipinski definition) is 6. The van der Waals surface area contributed by atoms with E-state index in [-0.39, 0.29) is 5.82 Å². The fourth-order valence-electron chi connectivity index (χ4n) is 3.21. The van der Waals surface area contributed by atoms with Crippen molar-refractivity contribution in [3.05, 3.63) is 43.1 Å². The number of fused-ring (bicyclic) bond motifs is 1. The van der Waals surface area contributed by atoms with Crippen molar-refractivity contribution in [3.8, 4) is 22.5 Å². The molecule has 0 aliphatic heterocycles. The van der Waals surface area contributed by atoms with Gasteiger partial charge >= 0.3 is 6.18 Å². The predicted octanol–water partition coefficient (Wildman–Crippen LogP) is 2.90. The average Bonchev–Trinajstić information content (AvgIpc) is 3.37. The Morgan fingerprint density at radius 3 is 2.81 bits per heavy atom. The third-order valence-corrected chi connectivity index (χ3v) is 4.78. The fraction of sp³-hybridized carbons (Fsp3) is 0.250. The first-order valence-corrected chi connectivity index (χ1v) is 9.60. The maximum atomic E-state index is 12.3. The van der Waals surface area contributed by atoms with Crippen LogP contribution in [0.2, 0.25) is 0 Å². The van der Waals surface area contributed by atoms with Crippen LogP contribution in [0.1, 0.15) is 6.92 Å². The second-order valence-electron chi connectivity index (χ2n) is 7.15. The van der Waals surface area contributed by atoms with E-state index in [0.29, 0.717) is 11.3 Å². The lowest BCUT2D eigenvalue weighted by Gasteiger charge is -2.15. The molecule has 0 unspecified atom stereocenters. The Morgan fingerprint density at radius 2 is 2.09 bits per heavy atom. The van der Waals surface area contributed by atoms with Crippen molar-refractivity contribution in [2.75, 3.05) is 11.9 Å². The van der Waals surface area contributed by atoms with Crippen molar-refractivity contribution in [1.29, 1.82) is 0 Å². The summed E-state index contributed by atoms with van der Waals surface area (Å²) < 4.78 is 38.7. The van der Waals surface area contributed by atoms with E-state index in [1.54, 1.807) is 29.5 Å². The normalized spacial score (nSPS) is 12.7. The molecule has 0 aliphatic rings. The molecule has 0 spiro atoms. The number of carbonyl (C=O) groups excluding carboxylic acids is 1. The monoisotopic (exact) mass is 444 g/mol. The van der Waals surface area contributed by atoms with Gasteiger partial charge in [-0.25, -0.2) is 9.97 Å². The minimum Gasteiger partial charge on any atom is -0.357 e. The smallest absolute Gasteiger partial charge is 0.357 e. The van der Waals surface area contributed by atoms with Gasteiger partial charge in [0.2, 0.25) is 5.91 Å². The van der Waals surface area contributed by atoms with Gasteiger partial charge in [-0.05, 0) is 19.1 Å². The Labute approximate surface area is 180 Å². The SMILES string of the molecule is C[C@@H](Nc1cncc(-c2c[nH]c3ncc(-c4ccnn4C)cc23)n1)C(=O)NCC(F)(F)F. The molecule has 0 saturated carbocycles. The predicted molar refractivity (Wildman–Crippen MR) is 111 cm³/mol. The number of amides is 1. The van der Waals surface area contributed by atoms with Gasteiger partial charge in [-0.15, -0.1) is 0 Å². The lowest BCUT2D eigenvalue weighted by molar-refractivity contribution is -0.138. The van der Waals surface area contributed by atoms with E-state index in [9.17, 15) is 18.0 Å². The Hall–Kier alpha value is -3.96. The second kappa shape index (κ2) is 8.29. The highest BCUT2D eigenvalue weighted by atomic mass is 19.4. The zero-order chi connectivity index (χ0) is 22.9. The number of nitrogens with one attached hydrogen (secondary N) is 3. The third-order valence-electron chi connectivity index (χ3n) is 4.78. The van der Waals surface area contributed by atoms with Crippen molar-refractivity contribution >= 4 is 22.8 Å². The quantitative estimate of drug-likeness (QED) is 0.422. The van der Waals surface area contributed by atoms with Gasteiger partial charge in [-0.3, -0.25) is 14.5 Å². The Morgan fingerprint density at radius 1 is 1.28 bits per heavy atom. The molecule has 1 atom stereocenters.